The third-order valence-corrected chi connectivity index (χ3v) is 6.25. The van der Waals surface area contributed by atoms with Crippen molar-refractivity contribution in [2.45, 2.75) is 24.9 Å². The van der Waals surface area contributed by atoms with Gasteiger partial charge in [-0.2, -0.15) is 0 Å². The standard InChI is InChI=1S/C25H24BrN3O2/c26-20-12-10-18(11-13-20)23(28-25(27)31)14-24(30)29-15-19-8-4-5-9-21(19)22(16-29)17-6-2-1-3-7-17/h1-13,22-23H,14-16H2,(H3,27,28,31)/t22-,23+/m0/s1. The summed E-state index contributed by atoms with van der Waals surface area (Å²) in [4.78, 5) is 26.8. The SMILES string of the molecule is NC(=O)N[C@H](CC(=O)N1Cc2ccccc2[C@H](c2ccccc2)C1)c1ccc(Br)cc1. The van der Waals surface area contributed by atoms with Crippen LogP contribution in [0, 0.1) is 0 Å². The first-order chi connectivity index (χ1) is 15.0. The molecule has 1 aliphatic heterocycles. The molecule has 0 unspecified atom stereocenters. The van der Waals surface area contributed by atoms with E-state index in [1.807, 2.05) is 59.5 Å². The van der Waals surface area contributed by atoms with Gasteiger partial charge in [-0.05, 0) is 34.4 Å². The predicted octanol–water partition coefficient (Wildman–Crippen LogP) is 4.72. The Labute approximate surface area is 190 Å². The van der Waals surface area contributed by atoms with E-state index in [-0.39, 0.29) is 18.2 Å². The molecule has 158 valence electrons. The summed E-state index contributed by atoms with van der Waals surface area (Å²) in [6.07, 6.45) is 0.147. The quantitative estimate of drug-likeness (QED) is 0.557. The van der Waals surface area contributed by atoms with Gasteiger partial charge >= 0.3 is 6.03 Å². The van der Waals surface area contributed by atoms with Gasteiger partial charge in [0.05, 0.1) is 12.5 Å². The van der Waals surface area contributed by atoms with E-state index < -0.39 is 12.1 Å². The fourth-order valence-corrected chi connectivity index (χ4v) is 4.45. The first-order valence-corrected chi connectivity index (χ1v) is 11.0. The van der Waals surface area contributed by atoms with Crippen molar-refractivity contribution in [3.63, 3.8) is 0 Å². The lowest BCUT2D eigenvalue weighted by Crippen LogP contribution is -2.41. The third-order valence-electron chi connectivity index (χ3n) is 5.72. The molecule has 0 aliphatic carbocycles. The molecule has 5 nitrogen and oxygen atoms in total. The molecule has 3 N–H and O–H groups in total. The Balaban J connectivity index is 1.58. The zero-order valence-corrected chi connectivity index (χ0v) is 18.6. The van der Waals surface area contributed by atoms with Crippen LogP contribution in [0.25, 0.3) is 0 Å². The predicted molar refractivity (Wildman–Crippen MR) is 124 cm³/mol. The van der Waals surface area contributed by atoms with E-state index in [4.69, 9.17) is 5.73 Å². The van der Waals surface area contributed by atoms with E-state index in [1.165, 1.54) is 11.1 Å². The van der Waals surface area contributed by atoms with Crippen LogP contribution in [0.15, 0.2) is 83.3 Å². The topological polar surface area (TPSA) is 75.4 Å². The second kappa shape index (κ2) is 9.35. The molecule has 0 radical (unpaired) electrons. The zero-order chi connectivity index (χ0) is 21.8. The Morgan fingerprint density at radius 3 is 2.39 bits per heavy atom. The van der Waals surface area contributed by atoms with Crippen molar-refractivity contribution in [2.75, 3.05) is 6.54 Å². The first kappa shape index (κ1) is 21.1. The molecule has 31 heavy (non-hydrogen) atoms. The Bertz CT molecular complexity index is 1070. The highest BCUT2D eigenvalue weighted by Crippen LogP contribution is 2.34. The highest BCUT2D eigenvalue weighted by molar-refractivity contribution is 9.10. The van der Waals surface area contributed by atoms with E-state index in [1.54, 1.807) is 0 Å². The van der Waals surface area contributed by atoms with Crippen LogP contribution < -0.4 is 11.1 Å². The second-order valence-electron chi connectivity index (χ2n) is 7.75. The fraction of sp³-hybridized carbons (Fsp3) is 0.200. The van der Waals surface area contributed by atoms with Gasteiger partial charge in [-0.15, -0.1) is 0 Å². The monoisotopic (exact) mass is 477 g/mol. The average Bonchev–Trinajstić information content (AvgIpc) is 2.78. The second-order valence-corrected chi connectivity index (χ2v) is 8.67. The van der Waals surface area contributed by atoms with Gasteiger partial charge in [0, 0.05) is 23.5 Å². The van der Waals surface area contributed by atoms with E-state index in [2.05, 4.69) is 45.5 Å². The number of carbonyl (C=O) groups excluding carboxylic acids is 2. The number of carbonyl (C=O) groups is 2. The molecule has 3 amide bonds. The zero-order valence-electron chi connectivity index (χ0n) is 17.0. The number of amides is 3. The number of halogens is 1. The van der Waals surface area contributed by atoms with Crippen molar-refractivity contribution >= 4 is 27.9 Å². The van der Waals surface area contributed by atoms with Gasteiger partial charge in [-0.1, -0.05) is 82.7 Å². The smallest absolute Gasteiger partial charge is 0.312 e. The van der Waals surface area contributed by atoms with Crippen LogP contribution in [0.1, 0.15) is 40.6 Å². The number of primary amides is 1. The summed E-state index contributed by atoms with van der Waals surface area (Å²) in [7, 11) is 0. The van der Waals surface area contributed by atoms with Crippen LogP contribution in [0.2, 0.25) is 0 Å². The lowest BCUT2D eigenvalue weighted by Gasteiger charge is -2.36. The number of rotatable bonds is 5. The van der Waals surface area contributed by atoms with Gasteiger partial charge in [0.1, 0.15) is 0 Å². The van der Waals surface area contributed by atoms with Crippen molar-refractivity contribution in [2.24, 2.45) is 5.73 Å². The highest BCUT2D eigenvalue weighted by atomic mass is 79.9. The minimum Gasteiger partial charge on any atom is -0.352 e. The number of hydrogen-bond acceptors (Lipinski definition) is 2. The largest absolute Gasteiger partial charge is 0.352 e. The molecule has 0 spiro atoms. The summed E-state index contributed by atoms with van der Waals surface area (Å²) in [5, 5.41) is 2.72. The normalized spacial score (nSPS) is 16.3. The van der Waals surface area contributed by atoms with Crippen molar-refractivity contribution in [3.8, 4) is 0 Å². The van der Waals surface area contributed by atoms with E-state index in [0.29, 0.717) is 13.1 Å². The van der Waals surface area contributed by atoms with Crippen LogP contribution in [0.3, 0.4) is 0 Å². The molecule has 6 heteroatoms. The van der Waals surface area contributed by atoms with Crippen LogP contribution in [-0.2, 0) is 11.3 Å². The molecule has 4 rings (SSSR count). The minimum absolute atomic E-state index is 0.0166. The molecule has 2 atom stereocenters. The highest BCUT2D eigenvalue weighted by Gasteiger charge is 2.30. The number of hydrogen-bond donors (Lipinski definition) is 2. The number of benzene rings is 3. The summed E-state index contributed by atoms with van der Waals surface area (Å²) in [5.41, 5.74) is 9.83. The summed E-state index contributed by atoms with van der Waals surface area (Å²) < 4.78 is 0.929. The maximum Gasteiger partial charge on any atom is 0.312 e. The maximum atomic E-state index is 13.3. The Morgan fingerprint density at radius 1 is 1.00 bits per heavy atom. The van der Waals surface area contributed by atoms with E-state index in [0.717, 1.165) is 15.6 Å². The van der Waals surface area contributed by atoms with Crippen LogP contribution in [0.4, 0.5) is 4.79 Å². The van der Waals surface area contributed by atoms with Crippen molar-refractivity contribution < 1.29 is 9.59 Å². The van der Waals surface area contributed by atoms with Crippen molar-refractivity contribution in [1.82, 2.24) is 10.2 Å². The summed E-state index contributed by atoms with van der Waals surface area (Å²) >= 11 is 3.42. The van der Waals surface area contributed by atoms with Gasteiger partial charge < -0.3 is 16.0 Å². The van der Waals surface area contributed by atoms with E-state index in [9.17, 15) is 9.59 Å². The summed E-state index contributed by atoms with van der Waals surface area (Å²) in [5.74, 6) is 0.0995. The fourth-order valence-electron chi connectivity index (χ4n) is 4.19. The Kier molecular flexibility index (Phi) is 6.37. The van der Waals surface area contributed by atoms with Gasteiger partial charge in [-0.3, -0.25) is 4.79 Å². The summed E-state index contributed by atoms with van der Waals surface area (Å²) in [6, 6.07) is 25.0. The Hall–Kier alpha value is -3.12. The van der Waals surface area contributed by atoms with Crippen LogP contribution in [-0.4, -0.2) is 23.4 Å². The van der Waals surface area contributed by atoms with Gasteiger partial charge in [0.2, 0.25) is 5.91 Å². The molecule has 1 aliphatic rings. The van der Waals surface area contributed by atoms with E-state index >= 15 is 0 Å². The molecular formula is C25H24BrN3O2. The Morgan fingerprint density at radius 2 is 1.68 bits per heavy atom. The molecule has 3 aromatic rings. The third kappa shape index (κ3) is 4.97. The molecule has 0 bridgehead atoms. The number of nitrogens with two attached hydrogens (primary N) is 1. The van der Waals surface area contributed by atoms with Gasteiger partial charge in [-0.25, -0.2) is 4.79 Å². The van der Waals surface area contributed by atoms with Crippen molar-refractivity contribution in [1.29, 1.82) is 0 Å². The van der Waals surface area contributed by atoms with Gasteiger partial charge in [0.25, 0.3) is 0 Å². The number of fused-ring (bicyclic) bond motifs is 1. The molecular weight excluding hydrogens is 454 g/mol. The number of nitrogens with zero attached hydrogens (tertiary/aromatic N) is 1. The number of urea groups is 1. The first-order valence-electron chi connectivity index (χ1n) is 10.2. The minimum atomic E-state index is -0.646. The molecule has 0 fully saturated rings. The lowest BCUT2D eigenvalue weighted by molar-refractivity contribution is -0.132. The molecule has 3 aromatic carbocycles. The van der Waals surface area contributed by atoms with Crippen LogP contribution in [0.5, 0.6) is 0 Å². The molecule has 0 saturated heterocycles. The number of nitrogens with one attached hydrogen (secondary N) is 1. The molecule has 0 saturated carbocycles. The van der Waals surface area contributed by atoms with Crippen LogP contribution >= 0.6 is 15.9 Å². The average molecular weight is 478 g/mol. The summed E-state index contributed by atoms with van der Waals surface area (Å²) in [6.45, 7) is 1.16. The van der Waals surface area contributed by atoms with Crippen molar-refractivity contribution in [3.05, 3.63) is 106 Å². The molecule has 1 heterocycles. The molecule has 0 aromatic heterocycles. The maximum absolute atomic E-state index is 13.3. The van der Waals surface area contributed by atoms with Gasteiger partial charge in [0.15, 0.2) is 0 Å². The lowest BCUT2D eigenvalue weighted by atomic mass is 9.84.